The van der Waals surface area contributed by atoms with Crippen molar-refractivity contribution >= 4 is 92.9 Å². The molecule has 0 saturated carbocycles. The summed E-state index contributed by atoms with van der Waals surface area (Å²) in [5.41, 5.74) is 30.5. The summed E-state index contributed by atoms with van der Waals surface area (Å²) in [6.07, 6.45) is 8.88. The van der Waals surface area contributed by atoms with Gasteiger partial charge in [0.2, 0.25) is 0 Å². The summed E-state index contributed by atoms with van der Waals surface area (Å²) in [6.45, 7) is 8.65. The predicted octanol–water partition coefficient (Wildman–Crippen LogP) is 27.2. The van der Waals surface area contributed by atoms with Gasteiger partial charge in [0.15, 0.2) is 0 Å². The molecule has 104 heavy (non-hydrogen) atoms. The van der Waals surface area contributed by atoms with Gasteiger partial charge in [0.05, 0.1) is 44.1 Å². The number of rotatable bonds is 8. The minimum atomic E-state index is 1.08. The quantitative estimate of drug-likeness (QED) is 0.144. The second-order valence-corrected chi connectivity index (χ2v) is 27.2. The van der Waals surface area contributed by atoms with Crippen LogP contribution in [0.3, 0.4) is 0 Å². The standard InChI is InChI=1S/3C25H19N.C25H21N/c1-18-9-7-10-19(17-18)21-14-8-16-24-25(21)22-13-5-6-15-23(22)26(24)20-11-3-2-4-12-20;1-18-10-5-6-13-20(18)21-15-9-17-24-25(21)22-14-7-8-16-23(22)26(24)19-11-3-2-4-12-19;1-18-9-5-6-12-21(18)19-15-16-25-23(17-19)22-13-7-8-14-24(22)26(25)20-10-3-2-4-11-20;1-18-14-16-19(17-15-18)21-11-7-13-24-25(21)22-10-5-6-12-23(22)26(24)20-8-3-2-4-9-20/h3*2-17H,1H3;2-3,5-8,10-17H,4,9H2,1H3. The van der Waals surface area contributed by atoms with Crippen LogP contribution < -0.4 is 0 Å². The average Bonchev–Trinajstić information content (AvgIpc) is 1.61. The monoisotopic (exact) mass is 1330 g/mol. The average molecular weight is 1340 g/mol. The van der Waals surface area contributed by atoms with Crippen LogP contribution in [0.25, 0.3) is 154 Å². The molecule has 1 aliphatic rings. The lowest BCUT2D eigenvalue weighted by Crippen LogP contribution is -1.98. The van der Waals surface area contributed by atoms with E-state index in [0.717, 1.165) is 12.8 Å². The molecule has 0 N–H and O–H groups in total. The molecule has 0 saturated heterocycles. The molecule has 4 nitrogen and oxygen atoms in total. The first kappa shape index (κ1) is 64.4. The van der Waals surface area contributed by atoms with Crippen LogP contribution in [0.4, 0.5) is 0 Å². The number of nitrogens with zero attached hydrogens (tertiary/aromatic N) is 4. The maximum atomic E-state index is 2.45. The van der Waals surface area contributed by atoms with Gasteiger partial charge in [0, 0.05) is 65.8 Å². The minimum Gasteiger partial charge on any atom is -0.313 e. The van der Waals surface area contributed by atoms with Gasteiger partial charge < -0.3 is 18.3 Å². The molecule has 4 aromatic heterocycles. The van der Waals surface area contributed by atoms with Gasteiger partial charge in [-0.25, -0.2) is 0 Å². The molecular weight excluding hydrogens is 1260 g/mol. The molecule has 4 heteroatoms. The fourth-order valence-electron chi connectivity index (χ4n) is 15.9. The minimum absolute atomic E-state index is 1.08. The van der Waals surface area contributed by atoms with Crippen LogP contribution in [0.15, 0.2) is 376 Å². The zero-order valence-corrected chi connectivity index (χ0v) is 59.0. The van der Waals surface area contributed by atoms with Crippen LogP contribution in [-0.4, -0.2) is 18.3 Å². The van der Waals surface area contributed by atoms with Crippen molar-refractivity contribution in [3.63, 3.8) is 0 Å². The van der Waals surface area contributed by atoms with Gasteiger partial charge in [-0.15, -0.1) is 0 Å². The molecule has 0 aliphatic heterocycles. The molecule has 0 amide bonds. The van der Waals surface area contributed by atoms with Crippen LogP contribution in [-0.2, 0) is 0 Å². The molecule has 0 unspecified atom stereocenters. The van der Waals surface area contributed by atoms with Crippen molar-refractivity contribution in [3.8, 4) is 61.6 Å². The van der Waals surface area contributed by atoms with Crippen LogP contribution in [0.1, 0.15) is 35.1 Å². The SMILES string of the molecule is Cc1ccc(-c2cccc3c2c2ccccc2n3C2=CC=CCC2)cc1.Cc1cccc(-c2cccc3c2c2ccccc2n3-c2ccccc2)c1.Cc1ccccc1-c1ccc2c(c1)c1ccccc1n2-c1ccccc1.Cc1ccccc1-c1cccc2c1c1ccccc1n2-c1ccccc1. The lowest BCUT2D eigenvalue weighted by Gasteiger charge is -2.14. The summed E-state index contributed by atoms with van der Waals surface area (Å²) >= 11 is 0. The molecule has 1 aliphatic carbocycles. The Balaban J connectivity index is 0.000000103. The maximum Gasteiger partial charge on any atom is 0.0547 e. The summed E-state index contributed by atoms with van der Waals surface area (Å²) in [7, 11) is 0. The molecule has 0 radical (unpaired) electrons. The molecule has 0 fully saturated rings. The Morgan fingerprint density at radius 2 is 0.606 bits per heavy atom. The van der Waals surface area contributed by atoms with Crippen LogP contribution >= 0.6 is 0 Å². The number of hydrogen-bond acceptors (Lipinski definition) is 0. The van der Waals surface area contributed by atoms with Gasteiger partial charge in [-0.05, 0) is 193 Å². The van der Waals surface area contributed by atoms with Gasteiger partial charge >= 0.3 is 0 Å². The van der Waals surface area contributed by atoms with E-state index >= 15 is 0 Å². The van der Waals surface area contributed by atoms with Crippen molar-refractivity contribution in [3.05, 3.63) is 398 Å². The maximum absolute atomic E-state index is 2.45. The van der Waals surface area contributed by atoms with E-state index in [9.17, 15) is 0 Å². The van der Waals surface area contributed by atoms with Crippen molar-refractivity contribution in [1.82, 2.24) is 18.3 Å². The highest BCUT2D eigenvalue weighted by Crippen LogP contribution is 2.44. The van der Waals surface area contributed by atoms with E-state index in [1.54, 1.807) is 0 Å². The van der Waals surface area contributed by atoms with Gasteiger partial charge in [-0.1, -0.05) is 290 Å². The lowest BCUT2D eigenvalue weighted by atomic mass is 9.96. The van der Waals surface area contributed by atoms with E-state index in [-0.39, 0.29) is 0 Å². The second kappa shape index (κ2) is 28.2. The molecular formula is C100H78N4. The fraction of sp³-hybridized carbons (Fsp3) is 0.0600. The van der Waals surface area contributed by atoms with Crippen LogP contribution in [0.5, 0.6) is 0 Å². The topological polar surface area (TPSA) is 19.7 Å². The van der Waals surface area contributed by atoms with Gasteiger partial charge in [0.25, 0.3) is 0 Å². The summed E-state index contributed by atoms with van der Waals surface area (Å²) in [5, 5.41) is 10.5. The highest BCUT2D eigenvalue weighted by atomic mass is 15.0. The highest BCUT2D eigenvalue weighted by Gasteiger charge is 2.21. The Kier molecular flexibility index (Phi) is 17.4. The number of benzene rings is 15. The van der Waals surface area contributed by atoms with E-state index in [0.29, 0.717) is 0 Å². The first-order valence-electron chi connectivity index (χ1n) is 36.2. The normalized spacial score (nSPS) is 12.0. The van der Waals surface area contributed by atoms with Crippen molar-refractivity contribution < 1.29 is 0 Å². The van der Waals surface area contributed by atoms with E-state index in [2.05, 4.69) is 422 Å². The van der Waals surface area contributed by atoms with E-state index < -0.39 is 0 Å². The molecule has 20 rings (SSSR count). The molecule has 19 aromatic rings. The van der Waals surface area contributed by atoms with Gasteiger partial charge in [0.1, 0.15) is 0 Å². The number of aromatic nitrogens is 4. The Morgan fingerprint density at radius 3 is 1.12 bits per heavy atom. The predicted molar refractivity (Wildman–Crippen MR) is 445 cm³/mol. The zero-order valence-electron chi connectivity index (χ0n) is 59.0. The van der Waals surface area contributed by atoms with Gasteiger partial charge in [-0.2, -0.15) is 0 Å². The van der Waals surface area contributed by atoms with Crippen molar-refractivity contribution in [1.29, 1.82) is 0 Å². The summed E-state index contributed by atoms with van der Waals surface area (Å²) in [5.74, 6) is 0. The number of hydrogen-bond donors (Lipinski definition) is 0. The van der Waals surface area contributed by atoms with Crippen molar-refractivity contribution in [2.24, 2.45) is 0 Å². The molecule has 0 atom stereocenters. The molecule has 4 heterocycles. The zero-order chi connectivity index (χ0) is 70.0. The Morgan fingerprint density at radius 1 is 0.231 bits per heavy atom. The Bertz CT molecular complexity index is 6430. The van der Waals surface area contributed by atoms with Crippen molar-refractivity contribution in [2.75, 3.05) is 0 Å². The lowest BCUT2D eigenvalue weighted by molar-refractivity contribution is 0.979. The number of allylic oxidation sites excluding steroid dienone is 4. The summed E-state index contributed by atoms with van der Waals surface area (Å²) in [6, 6.07) is 128. The smallest absolute Gasteiger partial charge is 0.0547 e. The largest absolute Gasteiger partial charge is 0.313 e. The highest BCUT2D eigenvalue weighted by molar-refractivity contribution is 6.19. The van der Waals surface area contributed by atoms with E-state index in [1.807, 2.05) is 0 Å². The molecule has 498 valence electrons. The summed E-state index contributed by atoms with van der Waals surface area (Å²) in [4.78, 5) is 0. The third kappa shape index (κ3) is 12.0. The van der Waals surface area contributed by atoms with E-state index in [1.165, 1.54) is 177 Å². The second-order valence-electron chi connectivity index (χ2n) is 27.2. The first-order chi connectivity index (χ1) is 51.3. The molecule has 15 aromatic carbocycles. The van der Waals surface area contributed by atoms with Crippen molar-refractivity contribution in [2.45, 2.75) is 40.5 Å². The first-order valence-corrected chi connectivity index (χ1v) is 36.2. The Hall–Kier alpha value is -13.0. The Labute approximate surface area is 607 Å². The number of para-hydroxylation sites is 7. The fourth-order valence-corrected chi connectivity index (χ4v) is 15.9. The number of aryl methyl sites for hydroxylation is 4. The molecule has 0 bridgehead atoms. The third-order valence-corrected chi connectivity index (χ3v) is 20.7. The third-order valence-electron chi connectivity index (χ3n) is 20.7. The summed E-state index contributed by atoms with van der Waals surface area (Å²) < 4.78 is 9.54. The number of fused-ring (bicyclic) bond motifs is 12. The molecule has 0 spiro atoms. The van der Waals surface area contributed by atoms with Crippen LogP contribution in [0.2, 0.25) is 0 Å². The van der Waals surface area contributed by atoms with E-state index in [4.69, 9.17) is 0 Å². The van der Waals surface area contributed by atoms with Gasteiger partial charge in [-0.3, -0.25) is 0 Å². The van der Waals surface area contributed by atoms with Crippen LogP contribution in [0, 0.1) is 27.7 Å².